The molecule has 0 spiro atoms. The maximum Gasteiger partial charge on any atom is 0.255 e. The first-order valence-corrected chi connectivity index (χ1v) is 11.3. The summed E-state index contributed by atoms with van der Waals surface area (Å²) in [7, 11) is 3.17. The van der Waals surface area contributed by atoms with Gasteiger partial charge in [0.2, 0.25) is 0 Å². The second-order valence-corrected chi connectivity index (χ2v) is 8.76. The normalized spacial score (nSPS) is 15.8. The number of benzene rings is 2. The highest BCUT2D eigenvalue weighted by molar-refractivity contribution is 6.00. The number of nitrogens with zero attached hydrogens (tertiary/aromatic N) is 2. The number of hydrogen-bond donors (Lipinski definition) is 2. The lowest BCUT2D eigenvalue weighted by Gasteiger charge is -2.30. The number of carbonyl (C=O) groups excluding carboxylic acids is 1. The molecule has 33 heavy (non-hydrogen) atoms. The average Bonchev–Trinajstić information content (AvgIpc) is 3.54. The summed E-state index contributed by atoms with van der Waals surface area (Å²) in [5.74, 6) is 1.12. The van der Waals surface area contributed by atoms with Gasteiger partial charge in [0, 0.05) is 24.4 Å². The number of para-hydroxylation sites is 1. The predicted molar refractivity (Wildman–Crippen MR) is 127 cm³/mol. The molecule has 7 nitrogen and oxygen atoms in total. The van der Waals surface area contributed by atoms with E-state index in [1.807, 2.05) is 49.4 Å². The lowest BCUT2D eigenvalue weighted by molar-refractivity contribution is 0.00285. The van der Waals surface area contributed by atoms with Gasteiger partial charge in [-0.1, -0.05) is 31.0 Å². The van der Waals surface area contributed by atoms with Crippen molar-refractivity contribution in [3.8, 4) is 28.4 Å². The Morgan fingerprint density at radius 1 is 1.15 bits per heavy atom. The van der Waals surface area contributed by atoms with Gasteiger partial charge in [-0.2, -0.15) is 5.10 Å². The molecule has 174 valence electrons. The Labute approximate surface area is 194 Å². The number of rotatable bonds is 8. The minimum Gasteiger partial charge on any atom is -0.497 e. The first-order valence-electron chi connectivity index (χ1n) is 11.3. The lowest BCUT2D eigenvalue weighted by atomic mass is 9.87. The van der Waals surface area contributed by atoms with Crippen LogP contribution in [0, 0.1) is 5.92 Å². The van der Waals surface area contributed by atoms with E-state index in [1.54, 1.807) is 31.2 Å². The fraction of sp³-hybridized carbons (Fsp3) is 0.385. The summed E-state index contributed by atoms with van der Waals surface area (Å²) in [5.41, 5.74) is 1.48. The Balaban J connectivity index is 1.69. The van der Waals surface area contributed by atoms with Crippen molar-refractivity contribution in [3.05, 3.63) is 60.3 Å². The third-order valence-electron chi connectivity index (χ3n) is 6.48. The van der Waals surface area contributed by atoms with Crippen LogP contribution in [-0.2, 0) is 0 Å². The predicted octanol–water partition coefficient (Wildman–Crippen LogP) is 4.23. The van der Waals surface area contributed by atoms with Crippen LogP contribution >= 0.6 is 0 Å². The smallest absolute Gasteiger partial charge is 0.255 e. The SMILES string of the molecule is COc1ccc(-c2nn(-c3ccccc3)cc2C(=O)NC[C@](C)(O)C2CCCC2)c(OC)c1. The van der Waals surface area contributed by atoms with E-state index in [9.17, 15) is 9.90 Å². The van der Waals surface area contributed by atoms with Gasteiger partial charge < -0.3 is 19.9 Å². The molecule has 7 heteroatoms. The Kier molecular flexibility index (Phi) is 6.70. The van der Waals surface area contributed by atoms with E-state index in [-0.39, 0.29) is 18.4 Å². The van der Waals surface area contributed by atoms with Crippen LogP contribution in [0.15, 0.2) is 54.7 Å². The van der Waals surface area contributed by atoms with Gasteiger partial charge in [-0.3, -0.25) is 4.79 Å². The fourth-order valence-electron chi connectivity index (χ4n) is 4.49. The standard InChI is InChI=1S/C26H31N3O4/c1-26(31,18-9-7-8-10-18)17-27-25(30)22-16-29(19-11-5-4-6-12-19)28-24(22)21-14-13-20(32-2)15-23(21)33-3/h4-6,11-16,18,31H,7-10,17H2,1-3H3,(H,27,30)/t26-/m0/s1. The molecule has 4 rings (SSSR count). The van der Waals surface area contributed by atoms with Crippen molar-refractivity contribution in [2.75, 3.05) is 20.8 Å². The van der Waals surface area contributed by atoms with Crippen LogP contribution < -0.4 is 14.8 Å². The molecular formula is C26H31N3O4. The molecule has 1 aliphatic rings. The summed E-state index contributed by atoms with van der Waals surface area (Å²) in [6.45, 7) is 2.00. The molecule has 1 atom stereocenters. The number of methoxy groups -OCH3 is 2. The van der Waals surface area contributed by atoms with E-state index >= 15 is 0 Å². The highest BCUT2D eigenvalue weighted by atomic mass is 16.5. The van der Waals surface area contributed by atoms with Crippen LogP contribution in [0.5, 0.6) is 11.5 Å². The van der Waals surface area contributed by atoms with Gasteiger partial charge in [0.25, 0.3) is 5.91 Å². The first kappa shape index (κ1) is 22.9. The van der Waals surface area contributed by atoms with Crippen molar-refractivity contribution in [1.29, 1.82) is 0 Å². The van der Waals surface area contributed by atoms with Gasteiger partial charge in [-0.05, 0) is 49.9 Å². The molecule has 1 heterocycles. The molecule has 3 aromatic rings. The van der Waals surface area contributed by atoms with Gasteiger partial charge >= 0.3 is 0 Å². The first-order chi connectivity index (χ1) is 15.9. The second kappa shape index (κ2) is 9.67. The molecule has 1 aromatic heterocycles. The molecule has 0 bridgehead atoms. The van der Waals surface area contributed by atoms with Crippen molar-refractivity contribution >= 4 is 5.91 Å². The van der Waals surface area contributed by atoms with Crippen molar-refractivity contribution in [3.63, 3.8) is 0 Å². The fourth-order valence-corrected chi connectivity index (χ4v) is 4.49. The van der Waals surface area contributed by atoms with Gasteiger partial charge in [0.1, 0.15) is 17.2 Å². The summed E-state index contributed by atoms with van der Waals surface area (Å²) < 4.78 is 12.6. The van der Waals surface area contributed by atoms with Crippen molar-refractivity contribution in [1.82, 2.24) is 15.1 Å². The molecular weight excluding hydrogens is 418 g/mol. The van der Waals surface area contributed by atoms with Crippen molar-refractivity contribution < 1.29 is 19.4 Å². The van der Waals surface area contributed by atoms with Gasteiger partial charge in [-0.25, -0.2) is 4.68 Å². The molecule has 1 fully saturated rings. The van der Waals surface area contributed by atoms with Crippen molar-refractivity contribution in [2.24, 2.45) is 5.92 Å². The molecule has 0 unspecified atom stereocenters. The summed E-state index contributed by atoms with van der Waals surface area (Å²) >= 11 is 0. The molecule has 2 aromatic carbocycles. The maximum absolute atomic E-state index is 13.3. The van der Waals surface area contributed by atoms with Crippen LogP contribution in [0.3, 0.4) is 0 Å². The topological polar surface area (TPSA) is 85.6 Å². The van der Waals surface area contributed by atoms with Crippen LogP contribution in [0.2, 0.25) is 0 Å². The van der Waals surface area contributed by atoms with Crippen LogP contribution in [-0.4, -0.2) is 47.2 Å². The monoisotopic (exact) mass is 449 g/mol. The van der Waals surface area contributed by atoms with Gasteiger partial charge in [0.15, 0.2) is 0 Å². The quantitative estimate of drug-likeness (QED) is 0.538. The summed E-state index contributed by atoms with van der Waals surface area (Å²) in [6.07, 6.45) is 5.94. The van der Waals surface area contributed by atoms with Crippen LogP contribution in [0.1, 0.15) is 43.0 Å². The van der Waals surface area contributed by atoms with Crippen molar-refractivity contribution in [2.45, 2.75) is 38.2 Å². The zero-order chi connectivity index (χ0) is 23.4. The summed E-state index contributed by atoms with van der Waals surface area (Å²) in [5, 5.41) is 18.6. The zero-order valence-corrected chi connectivity index (χ0v) is 19.4. The molecule has 0 radical (unpaired) electrons. The molecule has 1 saturated carbocycles. The Hall–Kier alpha value is -3.32. The second-order valence-electron chi connectivity index (χ2n) is 8.76. The Morgan fingerprint density at radius 3 is 2.55 bits per heavy atom. The minimum absolute atomic E-state index is 0.187. The van der Waals surface area contributed by atoms with E-state index in [0.717, 1.165) is 31.4 Å². The Morgan fingerprint density at radius 2 is 1.88 bits per heavy atom. The van der Waals surface area contributed by atoms with E-state index < -0.39 is 5.60 Å². The summed E-state index contributed by atoms with van der Waals surface area (Å²) in [6, 6.07) is 15.0. The lowest BCUT2D eigenvalue weighted by Crippen LogP contribution is -2.45. The third-order valence-corrected chi connectivity index (χ3v) is 6.48. The number of hydrogen-bond acceptors (Lipinski definition) is 5. The van der Waals surface area contributed by atoms with Gasteiger partial charge in [0.05, 0.1) is 31.1 Å². The number of carbonyl (C=O) groups is 1. The van der Waals surface area contributed by atoms with Crippen LogP contribution in [0.4, 0.5) is 0 Å². The highest BCUT2D eigenvalue weighted by Gasteiger charge is 2.34. The van der Waals surface area contributed by atoms with Crippen LogP contribution in [0.25, 0.3) is 16.9 Å². The number of aliphatic hydroxyl groups is 1. The minimum atomic E-state index is -0.945. The summed E-state index contributed by atoms with van der Waals surface area (Å²) in [4.78, 5) is 13.3. The number of amides is 1. The van der Waals surface area contributed by atoms with E-state index in [2.05, 4.69) is 5.32 Å². The van der Waals surface area contributed by atoms with E-state index in [4.69, 9.17) is 14.6 Å². The maximum atomic E-state index is 13.3. The molecule has 0 aliphatic heterocycles. The zero-order valence-electron chi connectivity index (χ0n) is 19.4. The Bertz CT molecular complexity index is 1100. The highest BCUT2D eigenvalue weighted by Crippen LogP contribution is 2.36. The number of ether oxygens (including phenoxy) is 2. The number of aromatic nitrogens is 2. The molecule has 0 saturated heterocycles. The van der Waals surface area contributed by atoms with E-state index in [0.29, 0.717) is 28.3 Å². The molecule has 2 N–H and O–H groups in total. The molecule has 1 amide bonds. The number of nitrogens with one attached hydrogen (secondary N) is 1. The van der Waals surface area contributed by atoms with E-state index in [1.165, 1.54) is 0 Å². The average molecular weight is 450 g/mol. The van der Waals surface area contributed by atoms with Gasteiger partial charge in [-0.15, -0.1) is 0 Å². The largest absolute Gasteiger partial charge is 0.497 e. The molecule has 1 aliphatic carbocycles. The third kappa shape index (κ3) is 4.88.